The highest BCUT2D eigenvalue weighted by molar-refractivity contribution is 8.14. The SMILES string of the molecule is COC(C)CN=C1NC(C(C)C)CS1. The summed E-state index contributed by atoms with van der Waals surface area (Å²) in [5.41, 5.74) is 0. The summed E-state index contributed by atoms with van der Waals surface area (Å²) >= 11 is 1.81. The van der Waals surface area contributed by atoms with Crippen molar-refractivity contribution in [2.45, 2.75) is 32.9 Å². The van der Waals surface area contributed by atoms with Crippen LogP contribution in [0.25, 0.3) is 0 Å². The standard InChI is InChI=1S/C10H20N2OS/c1-7(2)9-6-14-10(12-9)11-5-8(3)13-4/h7-9H,5-6H2,1-4H3,(H,11,12). The zero-order valence-corrected chi connectivity index (χ0v) is 10.2. The van der Waals surface area contributed by atoms with Gasteiger partial charge >= 0.3 is 0 Å². The summed E-state index contributed by atoms with van der Waals surface area (Å²) in [6, 6.07) is 0.580. The Kier molecular flexibility index (Phi) is 4.75. The van der Waals surface area contributed by atoms with E-state index in [4.69, 9.17) is 4.74 Å². The summed E-state index contributed by atoms with van der Waals surface area (Å²) in [6.45, 7) is 7.25. The van der Waals surface area contributed by atoms with Crippen molar-refractivity contribution < 1.29 is 4.74 Å². The van der Waals surface area contributed by atoms with Gasteiger partial charge in [0.25, 0.3) is 0 Å². The molecule has 14 heavy (non-hydrogen) atoms. The highest BCUT2D eigenvalue weighted by Crippen LogP contribution is 2.18. The fourth-order valence-corrected chi connectivity index (χ4v) is 2.35. The van der Waals surface area contributed by atoms with Crippen LogP contribution in [-0.2, 0) is 4.74 Å². The first-order valence-corrected chi connectivity index (χ1v) is 6.08. The molecule has 0 bridgehead atoms. The van der Waals surface area contributed by atoms with Crippen molar-refractivity contribution >= 4 is 16.9 Å². The summed E-state index contributed by atoms with van der Waals surface area (Å²) in [5.74, 6) is 1.81. The zero-order chi connectivity index (χ0) is 10.6. The minimum absolute atomic E-state index is 0.211. The topological polar surface area (TPSA) is 33.6 Å². The van der Waals surface area contributed by atoms with Crippen LogP contribution in [0, 0.1) is 5.92 Å². The molecule has 82 valence electrons. The Morgan fingerprint density at radius 3 is 2.79 bits per heavy atom. The van der Waals surface area contributed by atoms with Crippen LogP contribution in [0.1, 0.15) is 20.8 Å². The zero-order valence-electron chi connectivity index (χ0n) is 9.41. The number of nitrogens with one attached hydrogen (secondary N) is 1. The van der Waals surface area contributed by atoms with E-state index >= 15 is 0 Å². The van der Waals surface area contributed by atoms with Crippen LogP contribution in [0.2, 0.25) is 0 Å². The molecule has 0 amide bonds. The van der Waals surface area contributed by atoms with Crippen molar-refractivity contribution in [3.63, 3.8) is 0 Å². The Labute approximate surface area is 90.7 Å². The lowest BCUT2D eigenvalue weighted by Gasteiger charge is -2.13. The van der Waals surface area contributed by atoms with Gasteiger partial charge in [-0.05, 0) is 12.8 Å². The Balaban J connectivity index is 2.34. The maximum Gasteiger partial charge on any atom is 0.156 e. The van der Waals surface area contributed by atoms with Gasteiger partial charge in [0.1, 0.15) is 0 Å². The van der Waals surface area contributed by atoms with Gasteiger partial charge in [0.15, 0.2) is 5.17 Å². The van der Waals surface area contributed by atoms with E-state index in [-0.39, 0.29) is 6.10 Å². The molecule has 3 nitrogen and oxygen atoms in total. The molecule has 1 fully saturated rings. The molecule has 2 atom stereocenters. The third-order valence-corrected chi connectivity index (χ3v) is 3.45. The molecule has 1 rings (SSSR count). The Morgan fingerprint density at radius 2 is 2.29 bits per heavy atom. The first kappa shape index (κ1) is 11.9. The van der Waals surface area contributed by atoms with Gasteiger partial charge in [-0.2, -0.15) is 0 Å². The molecule has 0 saturated carbocycles. The average molecular weight is 216 g/mol. The molecular formula is C10H20N2OS. The third-order valence-electron chi connectivity index (χ3n) is 2.41. The highest BCUT2D eigenvalue weighted by atomic mass is 32.2. The van der Waals surface area contributed by atoms with E-state index in [1.54, 1.807) is 7.11 Å². The van der Waals surface area contributed by atoms with Crippen LogP contribution >= 0.6 is 11.8 Å². The summed E-state index contributed by atoms with van der Waals surface area (Å²) in [4.78, 5) is 4.47. The van der Waals surface area contributed by atoms with E-state index in [0.29, 0.717) is 12.0 Å². The smallest absolute Gasteiger partial charge is 0.156 e. The number of ether oxygens (including phenoxy) is 1. The molecule has 2 unspecified atom stereocenters. The molecule has 1 heterocycles. The second-order valence-corrected chi connectivity index (χ2v) is 5.01. The number of rotatable bonds is 4. The van der Waals surface area contributed by atoms with Crippen LogP contribution in [-0.4, -0.2) is 36.7 Å². The average Bonchev–Trinajstić information content (AvgIpc) is 2.62. The van der Waals surface area contributed by atoms with E-state index in [1.165, 1.54) is 0 Å². The molecule has 1 saturated heterocycles. The summed E-state index contributed by atoms with van der Waals surface area (Å²) in [6.07, 6.45) is 0.211. The van der Waals surface area contributed by atoms with Gasteiger partial charge in [-0.3, -0.25) is 4.99 Å². The number of thioether (sulfide) groups is 1. The maximum atomic E-state index is 5.14. The number of nitrogens with zero attached hydrogens (tertiary/aromatic N) is 1. The predicted octanol–water partition coefficient (Wildman–Crippen LogP) is 1.74. The van der Waals surface area contributed by atoms with Crippen molar-refractivity contribution in [2.75, 3.05) is 19.4 Å². The normalized spacial score (nSPS) is 26.9. The first-order chi connectivity index (χ1) is 6.63. The number of hydrogen-bond donors (Lipinski definition) is 1. The van der Waals surface area contributed by atoms with Gasteiger partial charge in [0, 0.05) is 18.9 Å². The second kappa shape index (κ2) is 5.61. The molecule has 0 aromatic carbocycles. The Bertz CT molecular complexity index is 206. The molecule has 0 spiro atoms. The lowest BCUT2D eigenvalue weighted by Crippen LogP contribution is -2.32. The number of methoxy groups -OCH3 is 1. The van der Waals surface area contributed by atoms with E-state index < -0.39 is 0 Å². The van der Waals surface area contributed by atoms with Gasteiger partial charge in [0.05, 0.1) is 12.6 Å². The van der Waals surface area contributed by atoms with Crippen LogP contribution in [0.15, 0.2) is 4.99 Å². The van der Waals surface area contributed by atoms with Gasteiger partial charge in [-0.1, -0.05) is 25.6 Å². The van der Waals surface area contributed by atoms with Crippen molar-refractivity contribution in [3.8, 4) is 0 Å². The molecule has 4 heteroatoms. The molecule has 1 aliphatic heterocycles. The van der Waals surface area contributed by atoms with Crippen molar-refractivity contribution in [2.24, 2.45) is 10.9 Å². The monoisotopic (exact) mass is 216 g/mol. The van der Waals surface area contributed by atoms with E-state index in [2.05, 4.69) is 24.2 Å². The van der Waals surface area contributed by atoms with Crippen LogP contribution in [0.4, 0.5) is 0 Å². The lowest BCUT2D eigenvalue weighted by molar-refractivity contribution is 0.125. The number of hydrogen-bond acceptors (Lipinski definition) is 3. The largest absolute Gasteiger partial charge is 0.380 e. The molecule has 1 aliphatic rings. The summed E-state index contributed by atoms with van der Waals surface area (Å²) in [7, 11) is 1.72. The first-order valence-electron chi connectivity index (χ1n) is 5.10. The Morgan fingerprint density at radius 1 is 1.57 bits per heavy atom. The van der Waals surface area contributed by atoms with Crippen molar-refractivity contribution in [1.82, 2.24) is 5.32 Å². The molecule has 1 N–H and O–H groups in total. The fraction of sp³-hybridized carbons (Fsp3) is 0.900. The highest BCUT2D eigenvalue weighted by Gasteiger charge is 2.22. The van der Waals surface area contributed by atoms with Crippen LogP contribution < -0.4 is 5.32 Å². The number of amidine groups is 1. The summed E-state index contributed by atoms with van der Waals surface area (Å²) < 4.78 is 5.14. The quantitative estimate of drug-likeness (QED) is 0.777. The number of aliphatic imine (C=N–C) groups is 1. The predicted molar refractivity (Wildman–Crippen MR) is 63.0 cm³/mol. The van der Waals surface area contributed by atoms with Crippen LogP contribution in [0.5, 0.6) is 0 Å². The lowest BCUT2D eigenvalue weighted by atomic mass is 10.1. The van der Waals surface area contributed by atoms with Crippen LogP contribution in [0.3, 0.4) is 0 Å². The second-order valence-electron chi connectivity index (χ2n) is 4.00. The molecule has 0 aromatic heterocycles. The van der Waals surface area contributed by atoms with Crippen molar-refractivity contribution in [1.29, 1.82) is 0 Å². The maximum absolute atomic E-state index is 5.14. The van der Waals surface area contributed by atoms with Gasteiger partial charge in [-0.25, -0.2) is 0 Å². The Hall–Kier alpha value is -0.220. The molecule has 0 aromatic rings. The van der Waals surface area contributed by atoms with Crippen molar-refractivity contribution in [3.05, 3.63) is 0 Å². The summed E-state index contributed by atoms with van der Waals surface area (Å²) in [5, 5.41) is 4.50. The molecule has 0 radical (unpaired) electrons. The van der Waals surface area contributed by atoms with Gasteiger partial charge in [0.2, 0.25) is 0 Å². The minimum Gasteiger partial charge on any atom is -0.380 e. The minimum atomic E-state index is 0.211. The van der Waals surface area contributed by atoms with Gasteiger partial charge < -0.3 is 10.1 Å². The molecule has 0 aliphatic carbocycles. The van der Waals surface area contributed by atoms with E-state index in [9.17, 15) is 0 Å². The van der Waals surface area contributed by atoms with Gasteiger partial charge in [-0.15, -0.1) is 0 Å². The molecular weight excluding hydrogens is 196 g/mol. The van der Waals surface area contributed by atoms with E-state index in [1.807, 2.05) is 18.7 Å². The third kappa shape index (κ3) is 3.50. The fourth-order valence-electron chi connectivity index (χ4n) is 1.15. The van der Waals surface area contributed by atoms with E-state index in [0.717, 1.165) is 17.5 Å².